The Balaban J connectivity index is 0.000000322. The lowest BCUT2D eigenvalue weighted by molar-refractivity contribution is 0.209. The second-order valence-corrected chi connectivity index (χ2v) is 3.81. The topological polar surface area (TPSA) is 12.0 Å². The first kappa shape index (κ1) is 13.0. The molecule has 2 fully saturated rings. The minimum Gasteiger partial charge on any atom is -0.311 e. The molecule has 1 aliphatic heterocycles. The third kappa shape index (κ3) is 3.30. The first-order valence-electron chi connectivity index (χ1n) is 6.06. The van der Waals surface area contributed by atoms with E-state index in [1.807, 2.05) is 27.7 Å². The highest BCUT2D eigenvalue weighted by atomic mass is 15.1. The van der Waals surface area contributed by atoms with Gasteiger partial charge >= 0.3 is 0 Å². The molecule has 2 aliphatic rings. The molecule has 2 atom stereocenters. The molecule has 1 spiro atoms. The first-order valence-corrected chi connectivity index (χ1v) is 6.06. The van der Waals surface area contributed by atoms with E-state index in [1.165, 1.54) is 32.2 Å². The van der Waals surface area contributed by atoms with E-state index in [2.05, 4.69) is 12.2 Å². The highest BCUT2D eigenvalue weighted by molar-refractivity contribution is 5.01. The summed E-state index contributed by atoms with van der Waals surface area (Å²) >= 11 is 0. The van der Waals surface area contributed by atoms with Crippen molar-refractivity contribution in [2.45, 2.75) is 65.8 Å². The molecule has 2 rings (SSSR count). The van der Waals surface area contributed by atoms with Crippen molar-refractivity contribution >= 4 is 0 Å². The van der Waals surface area contributed by atoms with Gasteiger partial charge in [0.1, 0.15) is 0 Å². The molecule has 13 heavy (non-hydrogen) atoms. The maximum atomic E-state index is 3.55. The molecule has 2 unspecified atom stereocenters. The lowest BCUT2D eigenvalue weighted by Crippen LogP contribution is -2.54. The third-order valence-corrected chi connectivity index (χ3v) is 2.96. The van der Waals surface area contributed by atoms with Crippen LogP contribution in [0.4, 0.5) is 0 Å². The number of hydrogen-bond acceptors (Lipinski definition) is 1. The van der Waals surface area contributed by atoms with Gasteiger partial charge in [-0.25, -0.2) is 0 Å². The van der Waals surface area contributed by atoms with E-state index in [9.17, 15) is 0 Å². The van der Waals surface area contributed by atoms with E-state index >= 15 is 0 Å². The van der Waals surface area contributed by atoms with Crippen molar-refractivity contribution in [1.82, 2.24) is 5.32 Å². The minimum absolute atomic E-state index is 0.638. The van der Waals surface area contributed by atoms with Crippen LogP contribution in [-0.2, 0) is 0 Å². The van der Waals surface area contributed by atoms with Crippen LogP contribution < -0.4 is 5.32 Å². The summed E-state index contributed by atoms with van der Waals surface area (Å²) in [5.41, 5.74) is 0.638. The van der Waals surface area contributed by atoms with Crippen molar-refractivity contribution in [3.63, 3.8) is 0 Å². The molecule has 0 aromatic rings. The van der Waals surface area contributed by atoms with Gasteiger partial charge in [-0.05, 0) is 38.1 Å². The van der Waals surface area contributed by atoms with Gasteiger partial charge in [0.25, 0.3) is 0 Å². The fourth-order valence-corrected chi connectivity index (χ4v) is 2.26. The monoisotopic (exact) mass is 185 g/mol. The van der Waals surface area contributed by atoms with E-state index < -0.39 is 0 Å². The fraction of sp³-hybridized carbons (Fsp3) is 1.00. The van der Waals surface area contributed by atoms with Gasteiger partial charge in [-0.2, -0.15) is 0 Å². The van der Waals surface area contributed by atoms with Gasteiger partial charge < -0.3 is 5.32 Å². The van der Waals surface area contributed by atoms with Gasteiger partial charge in [-0.3, -0.25) is 0 Å². The van der Waals surface area contributed by atoms with Gasteiger partial charge in [-0.15, -0.1) is 0 Å². The molecule has 1 nitrogen and oxygen atoms in total. The molecule has 1 saturated heterocycles. The SMILES string of the molecule is CC.CC.CC1CCC2(CCN2)C1. The highest BCUT2D eigenvalue weighted by Gasteiger charge is 2.41. The molecular weight excluding hydrogens is 158 g/mol. The van der Waals surface area contributed by atoms with Gasteiger partial charge in [-0.1, -0.05) is 34.6 Å². The Hall–Kier alpha value is -0.0400. The smallest absolute Gasteiger partial charge is 0.0196 e. The molecule has 1 N–H and O–H groups in total. The highest BCUT2D eigenvalue weighted by Crippen LogP contribution is 2.40. The Bertz CT molecular complexity index is 116. The summed E-state index contributed by atoms with van der Waals surface area (Å²) in [5.74, 6) is 0.984. The number of rotatable bonds is 0. The Labute approximate surface area is 84.3 Å². The van der Waals surface area contributed by atoms with Crippen LogP contribution in [0.15, 0.2) is 0 Å². The Morgan fingerprint density at radius 2 is 1.62 bits per heavy atom. The van der Waals surface area contributed by atoms with Crippen LogP contribution in [0.2, 0.25) is 0 Å². The molecule has 0 bridgehead atoms. The largest absolute Gasteiger partial charge is 0.311 e. The van der Waals surface area contributed by atoms with E-state index in [0.29, 0.717) is 5.54 Å². The van der Waals surface area contributed by atoms with Gasteiger partial charge in [0.15, 0.2) is 0 Å². The summed E-state index contributed by atoms with van der Waals surface area (Å²) in [7, 11) is 0. The van der Waals surface area contributed by atoms with Crippen LogP contribution in [0.5, 0.6) is 0 Å². The molecule has 1 aliphatic carbocycles. The molecule has 0 amide bonds. The zero-order valence-corrected chi connectivity index (χ0v) is 10.1. The lowest BCUT2D eigenvalue weighted by Gasteiger charge is -2.40. The average molecular weight is 185 g/mol. The lowest BCUT2D eigenvalue weighted by atomic mass is 9.86. The average Bonchev–Trinajstić information content (AvgIpc) is 2.54. The van der Waals surface area contributed by atoms with Crippen molar-refractivity contribution in [2.75, 3.05) is 6.54 Å². The summed E-state index contributed by atoms with van der Waals surface area (Å²) in [6, 6.07) is 0. The Kier molecular flexibility index (Phi) is 6.40. The van der Waals surface area contributed by atoms with E-state index in [-0.39, 0.29) is 0 Å². The predicted molar refractivity (Wildman–Crippen MR) is 61.1 cm³/mol. The van der Waals surface area contributed by atoms with Crippen molar-refractivity contribution in [3.05, 3.63) is 0 Å². The Morgan fingerprint density at radius 1 is 1.08 bits per heavy atom. The van der Waals surface area contributed by atoms with E-state index in [1.54, 1.807) is 0 Å². The molecule has 1 saturated carbocycles. The molecule has 80 valence electrons. The fourth-order valence-electron chi connectivity index (χ4n) is 2.26. The second-order valence-electron chi connectivity index (χ2n) is 3.81. The maximum absolute atomic E-state index is 3.55. The number of nitrogens with one attached hydrogen (secondary N) is 1. The summed E-state index contributed by atoms with van der Waals surface area (Å²) in [6.45, 7) is 11.6. The van der Waals surface area contributed by atoms with Crippen molar-refractivity contribution in [2.24, 2.45) is 5.92 Å². The van der Waals surface area contributed by atoms with Crippen molar-refractivity contribution < 1.29 is 0 Å². The zero-order valence-electron chi connectivity index (χ0n) is 10.1. The second kappa shape index (κ2) is 6.42. The van der Waals surface area contributed by atoms with Gasteiger partial charge in [0.05, 0.1) is 0 Å². The van der Waals surface area contributed by atoms with Crippen LogP contribution >= 0.6 is 0 Å². The van der Waals surface area contributed by atoms with Crippen LogP contribution in [-0.4, -0.2) is 12.1 Å². The van der Waals surface area contributed by atoms with Crippen LogP contribution in [0.25, 0.3) is 0 Å². The van der Waals surface area contributed by atoms with E-state index in [4.69, 9.17) is 0 Å². The summed E-state index contributed by atoms with van der Waals surface area (Å²) < 4.78 is 0. The molecular formula is C12H27N. The quantitative estimate of drug-likeness (QED) is 0.608. The molecule has 1 heterocycles. The van der Waals surface area contributed by atoms with Gasteiger partial charge in [0, 0.05) is 5.54 Å². The standard InChI is InChI=1S/C8H15N.2C2H6/c1-7-2-3-8(6-7)4-5-9-8;2*1-2/h7,9H,2-6H2,1H3;2*1-2H3. The first-order chi connectivity index (χ1) is 6.31. The van der Waals surface area contributed by atoms with Gasteiger partial charge in [0.2, 0.25) is 0 Å². The molecule has 0 aromatic carbocycles. The Morgan fingerprint density at radius 3 is 1.77 bits per heavy atom. The van der Waals surface area contributed by atoms with Crippen LogP contribution in [0.3, 0.4) is 0 Å². The van der Waals surface area contributed by atoms with Crippen molar-refractivity contribution in [3.8, 4) is 0 Å². The summed E-state index contributed by atoms with van der Waals surface area (Å²) in [5, 5.41) is 3.55. The minimum atomic E-state index is 0.638. The zero-order chi connectivity index (χ0) is 10.3. The normalized spacial score (nSPS) is 35.3. The van der Waals surface area contributed by atoms with Crippen molar-refractivity contribution in [1.29, 1.82) is 0 Å². The summed E-state index contributed by atoms with van der Waals surface area (Å²) in [6.07, 6.45) is 5.77. The molecule has 1 heteroatoms. The third-order valence-electron chi connectivity index (χ3n) is 2.96. The molecule has 0 radical (unpaired) electrons. The van der Waals surface area contributed by atoms with Crippen LogP contribution in [0.1, 0.15) is 60.3 Å². The predicted octanol–water partition coefficient (Wildman–Crippen LogP) is 3.59. The van der Waals surface area contributed by atoms with Crippen LogP contribution in [0, 0.1) is 5.92 Å². The summed E-state index contributed by atoms with van der Waals surface area (Å²) in [4.78, 5) is 0. The maximum Gasteiger partial charge on any atom is 0.0196 e. The number of hydrogen-bond donors (Lipinski definition) is 1. The molecule has 0 aromatic heterocycles. The van der Waals surface area contributed by atoms with E-state index in [0.717, 1.165) is 5.92 Å².